The van der Waals surface area contributed by atoms with E-state index in [4.69, 9.17) is 10.5 Å². The van der Waals surface area contributed by atoms with E-state index in [9.17, 15) is 9.18 Å². The average molecular weight is 294 g/mol. The monoisotopic (exact) mass is 294 g/mol. The zero-order valence-electron chi connectivity index (χ0n) is 12.2. The van der Waals surface area contributed by atoms with Crippen LogP contribution in [0.3, 0.4) is 0 Å². The molecule has 1 aliphatic carbocycles. The Kier molecular flexibility index (Phi) is 5.70. The highest BCUT2D eigenvalue weighted by Gasteiger charge is 2.31. The maximum absolute atomic E-state index is 13.5. The number of halogens is 1. The van der Waals surface area contributed by atoms with Crippen molar-refractivity contribution in [3.63, 3.8) is 0 Å². The molecule has 0 bridgehead atoms. The molecular formula is C16H23FN2O2. The third kappa shape index (κ3) is 4.51. The Morgan fingerprint density at radius 3 is 2.52 bits per heavy atom. The molecule has 0 aliphatic heterocycles. The van der Waals surface area contributed by atoms with Crippen LogP contribution in [0.2, 0.25) is 0 Å². The SMILES string of the molecule is NCC1(OCC(=O)Nc2ccccc2F)CCCCCC1. The van der Waals surface area contributed by atoms with E-state index in [1.54, 1.807) is 12.1 Å². The lowest BCUT2D eigenvalue weighted by molar-refractivity contribution is -0.128. The number of rotatable bonds is 5. The second kappa shape index (κ2) is 7.52. The summed E-state index contributed by atoms with van der Waals surface area (Å²) in [5.74, 6) is -0.800. The van der Waals surface area contributed by atoms with Gasteiger partial charge in [0.2, 0.25) is 5.91 Å². The zero-order valence-corrected chi connectivity index (χ0v) is 12.2. The Morgan fingerprint density at radius 1 is 1.24 bits per heavy atom. The van der Waals surface area contributed by atoms with Crippen molar-refractivity contribution in [2.45, 2.75) is 44.1 Å². The van der Waals surface area contributed by atoms with Crippen LogP contribution < -0.4 is 11.1 Å². The summed E-state index contributed by atoms with van der Waals surface area (Å²) < 4.78 is 19.3. The molecule has 2 rings (SSSR count). The second-order valence-corrected chi connectivity index (χ2v) is 5.62. The van der Waals surface area contributed by atoms with Crippen LogP contribution in [0.25, 0.3) is 0 Å². The Labute approximate surface area is 124 Å². The maximum Gasteiger partial charge on any atom is 0.250 e. The molecular weight excluding hydrogens is 271 g/mol. The summed E-state index contributed by atoms with van der Waals surface area (Å²) in [7, 11) is 0. The van der Waals surface area contributed by atoms with Crippen molar-refractivity contribution in [2.75, 3.05) is 18.5 Å². The van der Waals surface area contributed by atoms with Crippen LogP contribution in [-0.4, -0.2) is 24.7 Å². The second-order valence-electron chi connectivity index (χ2n) is 5.62. The van der Waals surface area contributed by atoms with Crippen molar-refractivity contribution in [2.24, 2.45) is 5.73 Å². The van der Waals surface area contributed by atoms with E-state index < -0.39 is 11.4 Å². The van der Waals surface area contributed by atoms with Crippen LogP contribution in [0.1, 0.15) is 38.5 Å². The normalized spacial score (nSPS) is 18.0. The minimum absolute atomic E-state index is 0.0917. The maximum atomic E-state index is 13.5. The standard InChI is InChI=1S/C16H23FN2O2/c17-13-7-3-4-8-14(13)19-15(20)11-21-16(12-18)9-5-1-2-6-10-16/h3-4,7-8H,1-2,5-6,9-12,18H2,(H,19,20). The Balaban J connectivity index is 1.89. The molecule has 0 unspecified atom stereocenters. The predicted molar refractivity (Wildman–Crippen MR) is 80.5 cm³/mol. The van der Waals surface area contributed by atoms with E-state index in [0.29, 0.717) is 6.54 Å². The van der Waals surface area contributed by atoms with Crippen molar-refractivity contribution in [3.05, 3.63) is 30.1 Å². The summed E-state index contributed by atoms with van der Waals surface area (Å²) in [5.41, 5.74) is 5.63. The van der Waals surface area contributed by atoms with Gasteiger partial charge in [0.1, 0.15) is 12.4 Å². The molecule has 1 aliphatic rings. The van der Waals surface area contributed by atoms with Crippen LogP contribution >= 0.6 is 0 Å². The molecule has 0 saturated heterocycles. The average Bonchev–Trinajstić information content (AvgIpc) is 2.74. The quantitative estimate of drug-likeness (QED) is 0.821. The molecule has 1 aromatic rings. The van der Waals surface area contributed by atoms with Crippen LogP contribution in [0.4, 0.5) is 10.1 Å². The van der Waals surface area contributed by atoms with Gasteiger partial charge in [0.05, 0.1) is 11.3 Å². The van der Waals surface area contributed by atoms with E-state index in [2.05, 4.69) is 5.32 Å². The summed E-state index contributed by atoms with van der Waals surface area (Å²) in [4.78, 5) is 11.9. The molecule has 1 aromatic carbocycles. The number of para-hydroxylation sites is 1. The fourth-order valence-electron chi connectivity index (χ4n) is 2.75. The minimum Gasteiger partial charge on any atom is -0.364 e. The minimum atomic E-state index is -0.450. The molecule has 21 heavy (non-hydrogen) atoms. The lowest BCUT2D eigenvalue weighted by Crippen LogP contribution is -2.42. The van der Waals surface area contributed by atoms with Crippen LogP contribution in [0.15, 0.2) is 24.3 Å². The fourth-order valence-corrected chi connectivity index (χ4v) is 2.75. The summed E-state index contributed by atoms with van der Waals surface area (Å²) in [5, 5.41) is 2.53. The van der Waals surface area contributed by atoms with Gasteiger partial charge in [-0.1, -0.05) is 37.8 Å². The van der Waals surface area contributed by atoms with E-state index >= 15 is 0 Å². The largest absolute Gasteiger partial charge is 0.364 e. The molecule has 1 amide bonds. The molecule has 4 nitrogen and oxygen atoms in total. The number of carbonyl (C=O) groups excluding carboxylic acids is 1. The van der Waals surface area contributed by atoms with Gasteiger partial charge >= 0.3 is 0 Å². The third-order valence-electron chi connectivity index (χ3n) is 4.04. The van der Waals surface area contributed by atoms with E-state index in [1.807, 2.05) is 0 Å². The van der Waals surface area contributed by atoms with Gasteiger partial charge < -0.3 is 15.8 Å². The number of ether oxygens (including phenoxy) is 1. The van der Waals surface area contributed by atoms with Crippen molar-refractivity contribution in [3.8, 4) is 0 Å². The van der Waals surface area contributed by atoms with Crippen LogP contribution in [0, 0.1) is 5.82 Å². The number of anilines is 1. The molecule has 116 valence electrons. The first-order chi connectivity index (χ1) is 10.2. The highest BCUT2D eigenvalue weighted by molar-refractivity contribution is 5.91. The highest BCUT2D eigenvalue weighted by atomic mass is 19.1. The van der Waals surface area contributed by atoms with Gasteiger partial charge in [-0.2, -0.15) is 0 Å². The molecule has 1 fully saturated rings. The smallest absolute Gasteiger partial charge is 0.250 e. The molecule has 0 aromatic heterocycles. The van der Waals surface area contributed by atoms with Crippen molar-refractivity contribution >= 4 is 11.6 Å². The summed E-state index contributed by atoms with van der Waals surface area (Å²) in [6, 6.07) is 6.09. The number of amides is 1. The van der Waals surface area contributed by atoms with Gasteiger partial charge in [-0.25, -0.2) is 4.39 Å². The number of benzene rings is 1. The van der Waals surface area contributed by atoms with Gasteiger partial charge in [-0.05, 0) is 25.0 Å². The highest BCUT2D eigenvalue weighted by Crippen LogP contribution is 2.29. The van der Waals surface area contributed by atoms with Crippen molar-refractivity contribution in [1.82, 2.24) is 0 Å². The van der Waals surface area contributed by atoms with Gasteiger partial charge in [0.25, 0.3) is 0 Å². The first-order valence-corrected chi connectivity index (χ1v) is 7.54. The fraction of sp³-hybridized carbons (Fsp3) is 0.562. The van der Waals surface area contributed by atoms with Gasteiger partial charge in [-0.3, -0.25) is 4.79 Å². The van der Waals surface area contributed by atoms with Crippen LogP contribution in [-0.2, 0) is 9.53 Å². The zero-order chi connectivity index (χ0) is 15.1. The lowest BCUT2D eigenvalue weighted by atomic mass is 9.94. The lowest BCUT2D eigenvalue weighted by Gasteiger charge is -2.31. The number of nitrogens with two attached hydrogens (primary N) is 1. The predicted octanol–water partition coefficient (Wildman–Crippen LogP) is 2.83. The number of carbonyl (C=O) groups is 1. The first-order valence-electron chi connectivity index (χ1n) is 7.54. The van der Waals surface area contributed by atoms with Gasteiger partial charge in [0, 0.05) is 6.54 Å². The topological polar surface area (TPSA) is 64.3 Å². The molecule has 0 radical (unpaired) electrons. The summed E-state index contributed by atoms with van der Waals surface area (Å²) in [6.45, 7) is 0.325. The van der Waals surface area contributed by atoms with E-state index in [-0.39, 0.29) is 18.2 Å². The number of hydrogen-bond donors (Lipinski definition) is 2. The molecule has 0 spiro atoms. The van der Waals surface area contributed by atoms with Gasteiger partial charge in [0.15, 0.2) is 0 Å². The number of nitrogens with one attached hydrogen (secondary N) is 1. The Morgan fingerprint density at radius 2 is 1.90 bits per heavy atom. The van der Waals surface area contributed by atoms with E-state index in [1.165, 1.54) is 25.0 Å². The van der Waals surface area contributed by atoms with Crippen molar-refractivity contribution in [1.29, 1.82) is 0 Å². The molecule has 0 heterocycles. The molecule has 1 saturated carbocycles. The Hall–Kier alpha value is -1.46. The first kappa shape index (κ1) is 15.9. The van der Waals surface area contributed by atoms with Gasteiger partial charge in [-0.15, -0.1) is 0 Å². The summed E-state index contributed by atoms with van der Waals surface area (Å²) in [6.07, 6.45) is 6.30. The molecule has 5 heteroatoms. The Bertz CT molecular complexity index is 471. The van der Waals surface area contributed by atoms with Crippen LogP contribution in [0.5, 0.6) is 0 Å². The summed E-state index contributed by atoms with van der Waals surface area (Å²) >= 11 is 0. The third-order valence-corrected chi connectivity index (χ3v) is 4.04. The molecule has 0 atom stereocenters. The molecule has 3 N–H and O–H groups in total. The van der Waals surface area contributed by atoms with Crippen molar-refractivity contribution < 1.29 is 13.9 Å². The number of hydrogen-bond acceptors (Lipinski definition) is 3. The van der Waals surface area contributed by atoms with E-state index in [0.717, 1.165) is 25.7 Å².